The summed E-state index contributed by atoms with van der Waals surface area (Å²) in [5.74, 6) is 1.17. The number of rotatable bonds is 9. The number of nitrogens with zero attached hydrogens (tertiary/aromatic N) is 4. The lowest BCUT2D eigenvalue weighted by Gasteiger charge is -2.28. The van der Waals surface area contributed by atoms with Crippen molar-refractivity contribution >= 4 is 12.1 Å². The summed E-state index contributed by atoms with van der Waals surface area (Å²) in [5, 5.41) is 10.6. The molecule has 8 nitrogen and oxygen atoms in total. The van der Waals surface area contributed by atoms with E-state index in [-0.39, 0.29) is 12.1 Å². The number of nitrogens with one attached hydrogen (secondary N) is 2. The van der Waals surface area contributed by atoms with E-state index < -0.39 is 5.60 Å². The van der Waals surface area contributed by atoms with Gasteiger partial charge in [0.25, 0.3) is 0 Å². The standard InChI is InChI=1S/C21H40N6O2/c1-16(2)18(25-20(28)29-21(3,4)5)11-13-26(7)19(22-6)23-12-9-10-17-14-24-27(8)15-17/h14-16,18H,9-13H2,1-8H3,(H,22,23)(H,25,28). The molecule has 0 radical (unpaired) electrons. The van der Waals surface area contributed by atoms with Crippen LogP contribution < -0.4 is 10.6 Å². The van der Waals surface area contributed by atoms with Crippen molar-refractivity contribution in [3.8, 4) is 0 Å². The van der Waals surface area contributed by atoms with Gasteiger partial charge in [0.1, 0.15) is 5.60 Å². The third-order valence-corrected chi connectivity index (χ3v) is 4.54. The van der Waals surface area contributed by atoms with Crippen LogP contribution in [0.15, 0.2) is 17.4 Å². The molecule has 2 N–H and O–H groups in total. The van der Waals surface area contributed by atoms with Crippen molar-refractivity contribution in [2.75, 3.05) is 27.2 Å². The van der Waals surface area contributed by atoms with Crippen molar-refractivity contribution in [2.24, 2.45) is 18.0 Å². The molecule has 1 atom stereocenters. The van der Waals surface area contributed by atoms with Crippen molar-refractivity contribution in [2.45, 2.75) is 65.5 Å². The molecule has 0 saturated heterocycles. The SMILES string of the molecule is CN=C(NCCCc1cnn(C)c1)N(C)CCC(NC(=O)OC(C)(C)C)C(C)C. The number of amides is 1. The fourth-order valence-electron chi connectivity index (χ4n) is 2.95. The summed E-state index contributed by atoms with van der Waals surface area (Å²) in [6.07, 6.45) is 6.39. The van der Waals surface area contributed by atoms with Crippen molar-refractivity contribution in [3.63, 3.8) is 0 Å². The summed E-state index contributed by atoms with van der Waals surface area (Å²) in [6, 6.07) is 0.0380. The number of guanidine groups is 1. The highest BCUT2D eigenvalue weighted by molar-refractivity contribution is 5.79. The van der Waals surface area contributed by atoms with Gasteiger partial charge in [0.2, 0.25) is 0 Å². The molecule has 1 aromatic rings. The molecule has 0 spiro atoms. The quantitative estimate of drug-likeness (QED) is 0.373. The molecule has 29 heavy (non-hydrogen) atoms. The molecule has 166 valence electrons. The van der Waals surface area contributed by atoms with Crippen LogP contribution in [0.1, 0.15) is 53.0 Å². The zero-order chi connectivity index (χ0) is 22.0. The number of aromatic nitrogens is 2. The van der Waals surface area contributed by atoms with Crippen LogP contribution in [0.5, 0.6) is 0 Å². The van der Waals surface area contributed by atoms with Gasteiger partial charge in [0.15, 0.2) is 5.96 Å². The number of carbonyl (C=O) groups excluding carboxylic acids is 1. The Balaban J connectivity index is 2.42. The van der Waals surface area contributed by atoms with Crippen molar-refractivity contribution < 1.29 is 9.53 Å². The van der Waals surface area contributed by atoms with E-state index in [2.05, 4.69) is 39.5 Å². The van der Waals surface area contributed by atoms with Crippen LogP contribution in [0.25, 0.3) is 0 Å². The van der Waals surface area contributed by atoms with Crippen LogP contribution in [0.4, 0.5) is 4.79 Å². The number of aryl methyl sites for hydroxylation is 2. The highest BCUT2D eigenvalue weighted by Crippen LogP contribution is 2.11. The maximum atomic E-state index is 12.1. The third kappa shape index (κ3) is 10.2. The normalized spacial score (nSPS) is 13.3. The molecular formula is C21H40N6O2. The Hall–Kier alpha value is -2.25. The highest BCUT2D eigenvalue weighted by Gasteiger charge is 2.22. The first-order chi connectivity index (χ1) is 13.5. The number of aliphatic imine (C=N–C) groups is 1. The molecule has 8 heteroatoms. The molecule has 1 heterocycles. The fraction of sp³-hybridized carbons (Fsp3) is 0.762. The van der Waals surface area contributed by atoms with Crippen LogP contribution in [-0.2, 0) is 18.2 Å². The van der Waals surface area contributed by atoms with E-state index in [4.69, 9.17) is 4.74 Å². The molecular weight excluding hydrogens is 368 g/mol. The summed E-state index contributed by atoms with van der Waals surface area (Å²) in [6.45, 7) is 11.4. The molecule has 0 aliphatic rings. The van der Waals surface area contributed by atoms with E-state index in [1.165, 1.54) is 5.56 Å². The fourth-order valence-corrected chi connectivity index (χ4v) is 2.95. The molecule has 0 aliphatic carbocycles. The Morgan fingerprint density at radius 2 is 2.07 bits per heavy atom. The second-order valence-corrected chi connectivity index (χ2v) is 8.81. The topological polar surface area (TPSA) is 83.8 Å². The van der Waals surface area contributed by atoms with Crippen LogP contribution in [0.3, 0.4) is 0 Å². The molecule has 1 aromatic heterocycles. The average molecular weight is 409 g/mol. The van der Waals surface area contributed by atoms with Crippen LogP contribution >= 0.6 is 0 Å². The van der Waals surface area contributed by atoms with E-state index in [1.54, 1.807) is 7.05 Å². The van der Waals surface area contributed by atoms with Crippen molar-refractivity contribution in [1.82, 2.24) is 25.3 Å². The number of ether oxygens (including phenoxy) is 1. The maximum Gasteiger partial charge on any atom is 0.407 e. The zero-order valence-corrected chi connectivity index (χ0v) is 19.5. The largest absolute Gasteiger partial charge is 0.444 e. The first-order valence-corrected chi connectivity index (χ1v) is 10.4. The molecule has 1 amide bonds. The van der Waals surface area contributed by atoms with Crippen LogP contribution in [-0.4, -0.2) is 65.6 Å². The van der Waals surface area contributed by atoms with E-state index in [0.717, 1.165) is 38.3 Å². The molecule has 0 fully saturated rings. The predicted molar refractivity (Wildman–Crippen MR) is 118 cm³/mol. The zero-order valence-electron chi connectivity index (χ0n) is 19.5. The smallest absolute Gasteiger partial charge is 0.407 e. The Labute approximate surface area is 176 Å². The van der Waals surface area contributed by atoms with Gasteiger partial charge >= 0.3 is 6.09 Å². The van der Waals surface area contributed by atoms with Crippen molar-refractivity contribution in [3.05, 3.63) is 18.0 Å². The van der Waals surface area contributed by atoms with Gasteiger partial charge in [-0.3, -0.25) is 9.67 Å². The molecule has 0 aliphatic heterocycles. The lowest BCUT2D eigenvalue weighted by Crippen LogP contribution is -2.45. The summed E-state index contributed by atoms with van der Waals surface area (Å²) in [4.78, 5) is 18.6. The van der Waals surface area contributed by atoms with Gasteiger partial charge in [-0.25, -0.2) is 4.79 Å². The number of hydrogen-bond donors (Lipinski definition) is 2. The minimum absolute atomic E-state index is 0.0380. The van der Waals surface area contributed by atoms with E-state index in [0.29, 0.717) is 5.92 Å². The second kappa shape index (κ2) is 11.7. The minimum Gasteiger partial charge on any atom is -0.444 e. The molecule has 0 saturated carbocycles. The third-order valence-electron chi connectivity index (χ3n) is 4.54. The summed E-state index contributed by atoms with van der Waals surface area (Å²) < 4.78 is 7.22. The van der Waals surface area contributed by atoms with Gasteiger partial charge in [-0.05, 0) is 51.5 Å². The minimum atomic E-state index is -0.496. The molecule has 1 rings (SSSR count). The van der Waals surface area contributed by atoms with Gasteiger partial charge in [0.05, 0.1) is 6.20 Å². The predicted octanol–water partition coefficient (Wildman–Crippen LogP) is 2.80. The lowest BCUT2D eigenvalue weighted by molar-refractivity contribution is 0.0486. The van der Waals surface area contributed by atoms with Gasteiger partial charge < -0.3 is 20.3 Å². The molecule has 0 aromatic carbocycles. The van der Waals surface area contributed by atoms with Crippen LogP contribution in [0.2, 0.25) is 0 Å². The average Bonchev–Trinajstić information content (AvgIpc) is 3.01. The first-order valence-electron chi connectivity index (χ1n) is 10.4. The van der Waals surface area contributed by atoms with Gasteiger partial charge in [-0.15, -0.1) is 0 Å². The maximum absolute atomic E-state index is 12.1. The Morgan fingerprint density at radius 1 is 1.38 bits per heavy atom. The highest BCUT2D eigenvalue weighted by atomic mass is 16.6. The summed E-state index contributed by atoms with van der Waals surface area (Å²) >= 11 is 0. The second-order valence-electron chi connectivity index (χ2n) is 8.81. The monoisotopic (exact) mass is 408 g/mol. The number of alkyl carbamates (subject to hydrolysis) is 1. The number of carbonyl (C=O) groups is 1. The Kier molecular flexibility index (Phi) is 9.98. The Bertz CT molecular complexity index is 648. The summed E-state index contributed by atoms with van der Waals surface area (Å²) in [5.41, 5.74) is 0.745. The van der Waals surface area contributed by atoms with Crippen LogP contribution in [0, 0.1) is 5.92 Å². The van der Waals surface area contributed by atoms with Gasteiger partial charge in [-0.1, -0.05) is 13.8 Å². The van der Waals surface area contributed by atoms with Gasteiger partial charge in [-0.2, -0.15) is 5.10 Å². The summed E-state index contributed by atoms with van der Waals surface area (Å²) in [7, 11) is 5.74. The lowest BCUT2D eigenvalue weighted by atomic mass is 10.0. The number of hydrogen-bond acceptors (Lipinski definition) is 4. The first kappa shape index (κ1) is 24.8. The van der Waals surface area contributed by atoms with E-state index in [9.17, 15) is 4.79 Å². The van der Waals surface area contributed by atoms with Crippen molar-refractivity contribution in [1.29, 1.82) is 0 Å². The van der Waals surface area contributed by atoms with E-state index >= 15 is 0 Å². The molecule has 0 bridgehead atoms. The van der Waals surface area contributed by atoms with E-state index in [1.807, 2.05) is 51.9 Å². The Morgan fingerprint density at radius 3 is 2.59 bits per heavy atom. The molecule has 1 unspecified atom stereocenters. The van der Waals surface area contributed by atoms with Gasteiger partial charge in [0, 0.05) is 46.5 Å².